The van der Waals surface area contributed by atoms with Crippen molar-refractivity contribution in [2.24, 2.45) is 0 Å². The maximum absolute atomic E-state index is 12.8. The number of carbonyl (C=O) groups excluding carboxylic acids is 1. The van der Waals surface area contributed by atoms with E-state index in [0.29, 0.717) is 18.0 Å². The van der Waals surface area contributed by atoms with E-state index < -0.39 is 0 Å². The zero-order valence-corrected chi connectivity index (χ0v) is 18.6. The Bertz CT molecular complexity index is 997. The van der Waals surface area contributed by atoms with Crippen LogP contribution < -0.4 is 5.32 Å². The summed E-state index contributed by atoms with van der Waals surface area (Å²) in [6, 6.07) is 20.4. The smallest absolute Gasteiger partial charge is 0.273 e. The van der Waals surface area contributed by atoms with Gasteiger partial charge in [-0.2, -0.15) is 0 Å². The minimum atomic E-state index is -0.207. The van der Waals surface area contributed by atoms with E-state index >= 15 is 0 Å². The van der Waals surface area contributed by atoms with Gasteiger partial charge in [-0.3, -0.25) is 9.69 Å². The molecule has 3 aromatic rings. The van der Waals surface area contributed by atoms with E-state index in [2.05, 4.69) is 60.4 Å². The molecule has 5 heteroatoms. The van der Waals surface area contributed by atoms with Crippen LogP contribution in [0.25, 0.3) is 11.3 Å². The van der Waals surface area contributed by atoms with Crippen molar-refractivity contribution in [1.82, 2.24) is 15.4 Å². The van der Waals surface area contributed by atoms with Gasteiger partial charge in [0, 0.05) is 18.2 Å². The number of nitrogens with zero attached hydrogens (tertiary/aromatic N) is 2. The molecule has 5 nitrogen and oxygen atoms in total. The van der Waals surface area contributed by atoms with Crippen LogP contribution in [-0.4, -0.2) is 35.6 Å². The topological polar surface area (TPSA) is 58.4 Å². The molecule has 2 aromatic carbocycles. The molecule has 0 spiro atoms. The lowest BCUT2D eigenvalue weighted by atomic mass is 9.86. The highest BCUT2D eigenvalue weighted by atomic mass is 16.5. The van der Waals surface area contributed by atoms with Crippen LogP contribution in [0.4, 0.5) is 0 Å². The molecule has 1 aromatic heterocycles. The fourth-order valence-electron chi connectivity index (χ4n) is 4.12. The van der Waals surface area contributed by atoms with Crippen molar-refractivity contribution < 1.29 is 9.32 Å². The molecule has 0 saturated carbocycles. The second-order valence-corrected chi connectivity index (χ2v) is 9.28. The van der Waals surface area contributed by atoms with Gasteiger partial charge in [-0.25, -0.2) is 0 Å². The highest BCUT2D eigenvalue weighted by molar-refractivity contribution is 5.93. The van der Waals surface area contributed by atoms with Crippen LogP contribution in [0.2, 0.25) is 0 Å². The lowest BCUT2D eigenvalue weighted by Gasteiger charge is -2.29. The van der Waals surface area contributed by atoms with Crippen LogP contribution in [0.5, 0.6) is 0 Å². The normalized spacial score (nSPS) is 15.7. The lowest BCUT2D eigenvalue weighted by molar-refractivity contribution is 0.0929. The van der Waals surface area contributed by atoms with Crippen molar-refractivity contribution in [2.75, 3.05) is 19.6 Å². The predicted octanol–water partition coefficient (Wildman–Crippen LogP) is 5.21. The first kappa shape index (κ1) is 21.3. The molecule has 0 bridgehead atoms. The summed E-state index contributed by atoms with van der Waals surface area (Å²) in [5, 5.41) is 7.06. The van der Waals surface area contributed by atoms with E-state index in [1.807, 2.05) is 30.3 Å². The van der Waals surface area contributed by atoms with Gasteiger partial charge >= 0.3 is 0 Å². The van der Waals surface area contributed by atoms with Gasteiger partial charge in [0.25, 0.3) is 5.91 Å². The Morgan fingerprint density at radius 1 is 1.06 bits per heavy atom. The van der Waals surface area contributed by atoms with Crippen molar-refractivity contribution in [3.05, 3.63) is 77.5 Å². The van der Waals surface area contributed by atoms with Crippen LogP contribution in [0, 0.1) is 0 Å². The van der Waals surface area contributed by atoms with Crippen LogP contribution in [-0.2, 0) is 5.41 Å². The maximum Gasteiger partial charge on any atom is 0.273 e. The number of nitrogens with one attached hydrogen (secondary N) is 1. The largest absolute Gasteiger partial charge is 0.355 e. The summed E-state index contributed by atoms with van der Waals surface area (Å²) >= 11 is 0. The summed E-state index contributed by atoms with van der Waals surface area (Å²) in [5.41, 5.74) is 3.89. The van der Waals surface area contributed by atoms with E-state index in [9.17, 15) is 4.79 Å². The van der Waals surface area contributed by atoms with E-state index in [1.54, 1.807) is 6.07 Å². The fourth-order valence-corrected chi connectivity index (χ4v) is 4.12. The third-order valence-electron chi connectivity index (χ3n) is 6.00. The molecule has 0 radical (unpaired) electrons. The number of hydrogen-bond acceptors (Lipinski definition) is 4. The Hall–Kier alpha value is -2.92. The van der Waals surface area contributed by atoms with Gasteiger partial charge in [-0.15, -0.1) is 0 Å². The van der Waals surface area contributed by atoms with Gasteiger partial charge in [0.2, 0.25) is 0 Å². The molecule has 0 aliphatic carbocycles. The van der Waals surface area contributed by atoms with Gasteiger partial charge in [0.05, 0.1) is 6.04 Å². The summed E-state index contributed by atoms with van der Waals surface area (Å²) in [5.74, 6) is 0.390. The first-order valence-corrected chi connectivity index (χ1v) is 11.1. The molecule has 1 amide bonds. The number of aromatic nitrogens is 1. The van der Waals surface area contributed by atoms with Gasteiger partial charge in [-0.1, -0.05) is 80.5 Å². The van der Waals surface area contributed by atoms with E-state index in [-0.39, 0.29) is 17.4 Å². The Morgan fingerprint density at radius 2 is 1.74 bits per heavy atom. The SMILES string of the molecule is CC(C)(C)c1ccc([C@H](CNC(=O)c2cc(-c3ccccc3)on2)N2CCCC2)cc1. The molecule has 4 rings (SSSR count). The molecular formula is C26H31N3O2. The first-order chi connectivity index (χ1) is 14.9. The second-order valence-electron chi connectivity index (χ2n) is 9.28. The highest BCUT2D eigenvalue weighted by Crippen LogP contribution is 2.28. The third-order valence-corrected chi connectivity index (χ3v) is 6.00. The van der Waals surface area contributed by atoms with Crippen molar-refractivity contribution in [3.8, 4) is 11.3 Å². The Labute approximate surface area is 184 Å². The summed E-state index contributed by atoms with van der Waals surface area (Å²) in [7, 11) is 0. The highest BCUT2D eigenvalue weighted by Gasteiger charge is 2.25. The average molecular weight is 418 g/mol. The van der Waals surface area contributed by atoms with E-state index in [4.69, 9.17) is 4.52 Å². The van der Waals surface area contributed by atoms with Gasteiger partial charge in [0.15, 0.2) is 11.5 Å². The molecule has 1 aliphatic rings. The van der Waals surface area contributed by atoms with E-state index in [0.717, 1.165) is 18.7 Å². The number of carbonyl (C=O) groups is 1. The molecule has 31 heavy (non-hydrogen) atoms. The molecule has 1 aliphatic heterocycles. The van der Waals surface area contributed by atoms with Crippen LogP contribution in [0.1, 0.15) is 61.3 Å². The number of amides is 1. The van der Waals surface area contributed by atoms with Crippen molar-refractivity contribution in [3.63, 3.8) is 0 Å². The molecule has 0 unspecified atom stereocenters. The summed E-state index contributed by atoms with van der Waals surface area (Å²) in [6.07, 6.45) is 2.41. The summed E-state index contributed by atoms with van der Waals surface area (Å²) in [4.78, 5) is 15.2. The molecule has 1 atom stereocenters. The van der Waals surface area contributed by atoms with Crippen LogP contribution in [0.15, 0.2) is 65.2 Å². The maximum atomic E-state index is 12.8. The van der Waals surface area contributed by atoms with Gasteiger partial charge in [0.1, 0.15) is 0 Å². The van der Waals surface area contributed by atoms with Crippen molar-refractivity contribution in [2.45, 2.75) is 45.1 Å². The Balaban J connectivity index is 1.47. The second kappa shape index (κ2) is 9.06. The summed E-state index contributed by atoms with van der Waals surface area (Å²) in [6.45, 7) is 9.33. The van der Waals surface area contributed by atoms with E-state index in [1.165, 1.54) is 24.0 Å². The minimum Gasteiger partial charge on any atom is -0.355 e. The van der Waals surface area contributed by atoms with Crippen LogP contribution >= 0.6 is 0 Å². The molecule has 162 valence electrons. The average Bonchev–Trinajstić information content (AvgIpc) is 3.47. The van der Waals surface area contributed by atoms with Crippen molar-refractivity contribution in [1.29, 1.82) is 0 Å². The number of benzene rings is 2. The molecule has 1 saturated heterocycles. The van der Waals surface area contributed by atoms with Crippen molar-refractivity contribution >= 4 is 5.91 Å². The third kappa shape index (κ3) is 5.05. The molecular weight excluding hydrogens is 386 g/mol. The standard InChI is InChI=1S/C26H31N3O2/c1-26(2,3)21-13-11-19(12-14-21)23(29-15-7-8-16-29)18-27-25(30)22-17-24(31-28-22)20-9-5-4-6-10-20/h4-6,9-14,17,23H,7-8,15-16,18H2,1-3H3,(H,27,30)/t23-/m0/s1. The first-order valence-electron chi connectivity index (χ1n) is 11.1. The van der Waals surface area contributed by atoms with Gasteiger partial charge in [-0.05, 0) is 42.5 Å². The number of likely N-dealkylation sites (tertiary alicyclic amines) is 1. The zero-order valence-electron chi connectivity index (χ0n) is 18.6. The Morgan fingerprint density at radius 3 is 2.39 bits per heavy atom. The molecule has 2 heterocycles. The molecule has 1 N–H and O–H groups in total. The van der Waals surface area contributed by atoms with Crippen LogP contribution in [0.3, 0.4) is 0 Å². The van der Waals surface area contributed by atoms with Gasteiger partial charge < -0.3 is 9.84 Å². The quantitative estimate of drug-likeness (QED) is 0.598. The summed E-state index contributed by atoms with van der Waals surface area (Å²) < 4.78 is 5.39. The minimum absolute atomic E-state index is 0.124. The number of rotatable bonds is 6. The fraction of sp³-hybridized carbons (Fsp3) is 0.385. The number of hydrogen-bond donors (Lipinski definition) is 1. The lowest BCUT2D eigenvalue weighted by Crippen LogP contribution is -2.37. The Kier molecular flexibility index (Phi) is 6.23. The molecule has 1 fully saturated rings. The monoisotopic (exact) mass is 417 g/mol. The zero-order chi connectivity index (χ0) is 21.8. The predicted molar refractivity (Wildman–Crippen MR) is 123 cm³/mol.